The molecule has 0 aliphatic carbocycles. The van der Waals surface area contributed by atoms with E-state index in [1.54, 1.807) is 0 Å². The molecule has 11 rings (SSSR count). The molecule has 0 bridgehead atoms. The van der Waals surface area contributed by atoms with Crippen LogP contribution in [0.2, 0.25) is 0 Å². The second-order valence-electron chi connectivity index (χ2n) is 13.6. The Morgan fingerprint density at radius 3 is 1.70 bits per heavy atom. The van der Waals surface area contributed by atoms with Crippen molar-refractivity contribution in [2.75, 3.05) is 0 Å². The van der Waals surface area contributed by atoms with Crippen LogP contribution in [-0.4, -0.2) is 19.5 Å². The van der Waals surface area contributed by atoms with E-state index in [0.29, 0.717) is 17.5 Å². The zero-order valence-corrected chi connectivity index (χ0v) is 29.8. The first kappa shape index (κ1) is 30.8. The number of fused-ring (bicyclic) bond motifs is 5. The van der Waals surface area contributed by atoms with Gasteiger partial charge in [0.25, 0.3) is 0 Å². The van der Waals surface area contributed by atoms with Gasteiger partial charge in [-0.05, 0) is 64.0 Å². The van der Waals surface area contributed by atoms with Crippen molar-refractivity contribution in [1.82, 2.24) is 19.5 Å². The minimum atomic E-state index is 0.659. The van der Waals surface area contributed by atoms with E-state index in [4.69, 9.17) is 15.0 Å². The minimum Gasteiger partial charge on any atom is -0.308 e. The van der Waals surface area contributed by atoms with Crippen LogP contribution in [0.15, 0.2) is 192 Å². The largest absolute Gasteiger partial charge is 0.308 e. The van der Waals surface area contributed by atoms with Gasteiger partial charge in [-0.15, -0.1) is 0 Å². The Balaban J connectivity index is 1.10. The number of hydrogen-bond acceptors (Lipinski definition) is 4. The van der Waals surface area contributed by atoms with E-state index in [1.165, 1.54) is 64.9 Å². The average Bonchev–Trinajstić information content (AvgIpc) is 3.58. The zero-order chi connectivity index (χ0) is 35.6. The van der Waals surface area contributed by atoms with Gasteiger partial charge >= 0.3 is 0 Å². The van der Waals surface area contributed by atoms with Gasteiger partial charge in [0, 0.05) is 42.6 Å². The van der Waals surface area contributed by atoms with Crippen LogP contribution in [0.1, 0.15) is 0 Å². The molecule has 8 aromatic carbocycles. The summed E-state index contributed by atoms with van der Waals surface area (Å²) in [4.78, 5) is 17.6. The quantitative estimate of drug-likeness (QED) is 0.179. The first-order chi connectivity index (χ1) is 26.8. The number of rotatable bonds is 5. The fraction of sp³-hybridized carbons (Fsp3) is 0. The molecule has 3 heterocycles. The molecule has 0 radical (unpaired) electrons. The van der Waals surface area contributed by atoms with Gasteiger partial charge in [0.2, 0.25) is 0 Å². The van der Waals surface area contributed by atoms with Gasteiger partial charge in [-0.1, -0.05) is 157 Å². The molecule has 252 valence electrons. The van der Waals surface area contributed by atoms with E-state index in [2.05, 4.69) is 150 Å². The molecule has 10 aromatic rings. The first-order valence-electron chi connectivity index (χ1n) is 18.1. The highest BCUT2D eigenvalue weighted by Gasteiger charge is 2.26. The normalized spacial score (nSPS) is 12.0. The lowest BCUT2D eigenvalue weighted by atomic mass is 9.94. The van der Waals surface area contributed by atoms with Crippen LogP contribution in [0.3, 0.4) is 0 Å². The summed E-state index contributed by atoms with van der Waals surface area (Å²) in [5.41, 5.74) is 11.4. The monoisotopic (exact) mass is 706 g/mol. The minimum absolute atomic E-state index is 0.659. The highest BCUT2D eigenvalue weighted by atomic mass is 32.2. The Labute approximate surface area is 316 Å². The molecule has 1 aliphatic heterocycles. The van der Waals surface area contributed by atoms with Crippen LogP contribution in [0, 0.1) is 0 Å². The second-order valence-corrected chi connectivity index (χ2v) is 14.6. The van der Waals surface area contributed by atoms with Crippen LogP contribution in [-0.2, 0) is 0 Å². The molecule has 0 saturated carbocycles. The zero-order valence-electron chi connectivity index (χ0n) is 29.0. The average molecular weight is 707 g/mol. The van der Waals surface area contributed by atoms with Crippen molar-refractivity contribution in [2.45, 2.75) is 9.79 Å². The van der Waals surface area contributed by atoms with E-state index in [1.807, 2.05) is 48.2 Å². The Morgan fingerprint density at radius 2 is 0.963 bits per heavy atom. The summed E-state index contributed by atoms with van der Waals surface area (Å²) in [5.74, 6) is 1.98. The molecule has 0 saturated heterocycles. The SMILES string of the molecule is c1ccc(-c2ccc3c(c2)c2ccccc2n3-c2cccc3c2Sc2ccc(-c4nc(-c5ccccc5)nc(-c5ccccc5)n4)c4cccc-3c24)cc1. The van der Waals surface area contributed by atoms with Crippen LogP contribution >= 0.6 is 11.8 Å². The van der Waals surface area contributed by atoms with E-state index in [9.17, 15) is 0 Å². The molecular weight excluding hydrogens is 677 g/mol. The number of aromatic nitrogens is 4. The molecular formula is C49H30N4S. The molecule has 1 aliphatic rings. The van der Waals surface area contributed by atoms with Crippen molar-refractivity contribution in [3.05, 3.63) is 182 Å². The first-order valence-corrected chi connectivity index (χ1v) is 18.9. The van der Waals surface area contributed by atoms with Crippen LogP contribution in [0.4, 0.5) is 0 Å². The predicted octanol–water partition coefficient (Wildman–Crippen LogP) is 12.9. The Morgan fingerprint density at radius 1 is 0.370 bits per heavy atom. The number of nitrogens with zero attached hydrogens (tertiary/aromatic N) is 4. The highest BCUT2D eigenvalue weighted by Crippen LogP contribution is 2.52. The molecule has 0 amide bonds. The summed E-state index contributed by atoms with van der Waals surface area (Å²) < 4.78 is 2.45. The Hall–Kier alpha value is -6.82. The smallest absolute Gasteiger partial charge is 0.164 e. The van der Waals surface area contributed by atoms with E-state index in [0.717, 1.165) is 22.1 Å². The van der Waals surface area contributed by atoms with Crippen LogP contribution < -0.4 is 0 Å². The summed E-state index contributed by atoms with van der Waals surface area (Å²) in [7, 11) is 0. The molecule has 0 atom stereocenters. The molecule has 0 unspecified atom stereocenters. The molecule has 0 fully saturated rings. The third kappa shape index (κ3) is 4.90. The molecule has 0 N–H and O–H groups in total. The van der Waals surface area contributed by atoms with Crippen molar-refractivity contribution in [3.63, 3.8) is 0 Å². The van der Waals surface area contributed by atoms with Crippen molar-refractivity contribution in [2.24, 2.45) is 0 Å². The Bertz CT molecular complexity index is 3010. The number of benzene rings is 8. The maximum Gasteiger partial charge on any atom is 0.164 e. The van der Waals surface area contributed by atoms with E-state index in [-0.39, 0.29) is 0 Å². The van der Waals surface area contributed by atoms with Crippen LogP contribution in [0.5, 0.6) is 0 Å². The molecule has 4 nitrogen and oxygen atoms in total. The lowest BCUT2D eigenvalue weighted by molar-refractivity contribution is 1.08. The van der Waals surface area contributed by atoms with Gasteiger partial charge in [0.1, 0.15) is 0 Å². The second kappa shape index (κ2) is 12.4. The van der Waals surface area contributed by atoms with Crippen molar-refractivity contribution in [3.8, 4) is 62.1 Å². The molecule has 5 heteroatoms. The number of hydrogen-bond donors (Lipinski definition) is 0. The highest BCUT2D eigenvalue weighted by molar-refractivity contribution is 8.00. The van der Waals surface area contributed by atoms with Gasteiger partial charge in [-0.3, -0.25) is 0 Å². The molecule has 0 spiro atoms. The van der Waals surface area contributed by atoms with Crippen LogP contribution in [0.25, 0.3) is 94.7 Å². The van der Waals surface area contributed by atoms with Gasteiger partial charge in [-0.25, -0.2) is 15.0 Å². The van der Waals surface area contributed by atoms with Gasteiger partial charge < -0.3 is 4.57 Å². The van der Waals surface area contributed by atoms with Crippen molar-refractivity contribution < 1.29 is 0 Å². The summed E-state index contributed by atoms with van der Waals surface area (Å²) in [5, 5.41) is 4.85. The van der Waals surface area contributed by atoms with Gasteiger partial charge in [0.05, 0.1) is 16.7 Å². The third-order valence-electron chi connectivity index (χ3n) is 10.5. The lowest BCUT2D eigenvalue weighted by Crippen LogP contribution is -2.03. The predicted molar refractivity (Wildman–Crippen MR) is 223 cm³/mol. The maximum atomic E-state index is 5.10. The number of para-hydroxylation sites is 1. The summed E-state index contributed by atoms with van der Waals surface area (Å²) in [6, 6.07) is 64.4. The van der Waals surface area contributed by atoms with Gasteiger partial charge in [-0.2, -0.15) is 0 Å². The van der Waals surface area contributed by atoms with E-state index < -0.39 is 0 Å². The Kier molecular flexibility index (Phi) is 7.07. The topological polar surface area (TPSA) is 43.6 Å². The standard InChI is InChI=1S/C49H30N4S/c1-4-14-31(15-5-1)34-26-28-42-40(30-34)35-20-10-11-24-41(35)53(42)43-25-13-23-38-36-21-12-22-37-39(27-29-44(45(36)37)54-46(38)43)49-51-47(32-16-6-2-7-17-32)50-48(52-49)33-18-8-3-9-19-33/h1-30H. The third-order valence-corrected chi connectivity index (χ3v) is 11.7. The maximum absolute atomic E-state index is 5.10. The summed E-state index contributed by atoms with van der Waals surface area (Å²) >= 11 is 1.85. The summed E-state index contributed by atoms with van der Waals surface area (Å²) in [6.07, 6.45) is 0. The van der Waals surface area contributed by atoms with Crippen molar-refractivity contribution in [1.29, 1.82) is 0 Å². The fourth-order valence-corrected chi connectivity index (χ4v) is 9.21. The van der Waals surface area contributed by atoms with E-state index >= 15 is 0 Å². The summed E-state index contributed by atoms with van der Waals surface area (Å²) in [6.45, 7) is 0. The molecule has 54 heavy (non-hydrogen) atoms. The van der Waals surface area contributed by atoms with Crippen molar-refractivity contribution >= 4 is 44.3 Å². The fourth-order valence-electron chi connectivity index (χ4n) is 7.98. The lowest BCUT2D eigenvalue weighted by Gasteiger charge is -2.24. The molecule has 2 aromatic heterocycles. The van der Waals surface area contributed by atoms with Gasteiger partial charge in [0.15, 0.2) is 17.5 Å².